The van der Waals surface area contributed by atoms with Crippen LogP contribution in [-0.4, -0.2) is 21.5 Å². The van der Waals surface area contributed by atoms with Crippen molar-refractivity contribution in [3.63, 3.8) is 0 Å². The normalized spacial score (nSPS) is 11.2. The first kappa shape index (κ1) is 11.4. The Labute approximate surface area is 88.7 Å². The van der Waals surface area contributed by atoms with Crippen LogP contribution < -0.4 is 5.73 Å². The fraction of sp³-hybridized carbons (Fsp3) is 0.500. The van der Waals surface area contributed by atoms with Gasteiger partial charge in [0.15, 0.2) is 11.5 Å². The van der Waals surface area contributed by atoms with Gasteiger partial charge in [-0.2, -0.15) is 0 Å². The van der Waals surface area contributed by atoms with Gasteiger partial charge < -0.3 is 10.5 Å². The van der Waals surface area contributed by atoms with E-state index in [4.69, 9.17) is 10.5 Å². The van der Waals surface area contributed by atoms with Gasteiger partial charge in [0.05, 0.1) is 11.9 Å². The highest BCUT2D eigenvalue weighted by molar-refractivity contribution is 5.92. The zero-order valence-corrected chi connectivity index (χ0v) is 9.37. The summed E-state index contributed by atoms with van der Waals surface area (Å²) in [6.07, 6.45) is 1.50. The van der Waals surface area contributed by atoms with Gasteiger partial charge in [-0.1, -0.05) is 0 Å². The van der Waals surface area contributed by atoms with E-state index in [-0.39, 0.29) is 11.5 Å². The minimum absolute atomic E-state index is 0.0740. The van der Waals surface area contributed by atoms with E-state index in [1.165, 1.54) is 6.20 Å². The van der Waals surface area contributed by atoms with Crippen molar-refractivity contribution in [2.24, 2.45) is 0 Å². The SMILES string of the molecule is Cc1cnc(N)c(C(=O)OC(C)(C)C)n1. The molecule has 0 aliphatic heterocycles. The topological polar surface area (TPSA) is 78.1 Å². The van der Waals surface area contributed by atoms with E-state index in [2.05, 4.69) is 9.97 Å². The molecule has 82 valence electrons. The Morgan fingerprint density at radius 2 is 2.07 bits per heavy atom. The van der Waals surface area contributed by atoms with Gasteiger partial charge in [0.25, 0.3) is 0 Å². The number of nitrogen functional groups attached to an aromatic ring is 1. The summed E-state index contributed by atoms with van der Waals surface area (Å²) in [4.78, 5) is 19.5. The lowest BCUT2D eigenvalue weighted by molar-refractivity contribution is 0.00636. The number of ether oxygens (including phenoxy) is 1. The van der Waals surface area contributed by atoms with E-state index in [0.717, 1.165) is 0 Å². The molecule has 0 saturated heterocycles. The molecule has 0 unspecified atom stereocenters. The number of hydrogen-bond acceptors (Lipinski definition) is 5. The number of esters is 1. The molecule has 5 nitrogen and oxygen atoms in total. The van der Waals surface area contributed by atoms with Crippen LogP contribution in [0, 0.1) is 6.92 Å². The molecule has 1 aromatic rings. The van der Waals surface area contributed by atoms with Gasteiger partial charge in [-0.15, -0.1) is 0 Å². The minimum Gasteiger partial charge on any atom is -0.455 e. The Hall–Kier alpha value is -1.65. The van der Waals surface area contributed by atoms with E-state index in [0.29, 0.717) is 5.69 Å². The molecule has 1 heterocycles. The van der Waals surface area contributed by atoms with Crippen LogP contribution >= 0.6 is 0 Å². The standard InChI is InChI=1S/C10H15N3O2/c1-6-5-12-8(11)7(13-6)9(14)15-10(2,3)4/h5H,1-4H3,(H2,11,12). The third kappa shape index (κ3) is 3.19. The molecule has 0 spiro atoms. The van der Waals surface area contributed by atoms with Crippen molar-refractivity contribution in [2.45, 2.75) is 33.3 Å². The summed E-state index contributed by atoms with van der Waals surface area (Å²) in [7, 11) is 0. The van der Waals surface area contributed by atoms with E-state index in [9.17, 15) is 4.79 Å². The van der Waals surface area contributed by atoms with Crippen molar-refractivity contribution in [3.8, 4) is 0 Å². The van der Waals surface area contributed by atoms with Crippen molar-refractivity contribution in [1.82, 2.24) is 9.97 Å². The Bertz CT molecular complexity index is 383. The van der Waals surface area contributed by atoms with E-state index in [1.807, 2.05) is 0 Å². The van der Waals surface area contributed by atoms with Crippen LogP contribution in [0.3, 0.4) is 0 Å². The van der Waals surface area contributed by atoms with Crippen LogP contribution in [0.5, 0.6) is 0 Å². The minimum atomic E-state index is -0.561. The Morgan fingerprint density at radius 3 is 2.60 bits per heavy atom. The second-order valence-electron chi connectivity index (χ2n) is 4.25. The molecule has 0 amide bonds. The van der Waals surface area contributed by atoms with Crippen molar-refractivity contribution >= 4 is 11.8 Å². The third-order valence-electron chi connectivity index (χ3n) is 1.51. The number of rotatable bonds is 1. The van der Waals surface area contributed by atoms with Crippen molar-refractivity contribution in [1.29, 1.82) is 0 Å². The fourth-order valence-corrected chi connectivity index (χ4v) is 0.963. The molecule has 0 fully saturated rings. The number of anilines is 1. The average Bonchev–Trinajstić information content (AvgIpc) is 2.06. The number of aromatic nitrogens is 2. The Morgan fingerprint density at radius 1 is 1.47 bits per heavy atom. The number of aryl methyl sites for hydroxylation is 1. The van der Waals surface area contributed by atoms with Crippen molar-refractivity contribution in [2.75, 3.05) is 5.73 Å². The van der Waals surface area contributed by atoms with E-state index < -0.39 is 11.6 Å². The Kier molecular flexibility index (Phi) is 2.93. The molecule has 0 saturated carbocycles. The molecule has 0 aliphatic carbocycles. The van der Waals surface area contributed by atoms with Crippen LogP contribution in [0.15, 0.2) is 6.20 Å². The molecule has 0 radical (unpaired) electrons. The van der Waals surface area contributed by atoms with Gasteiger partial charge in [-0.05, 0) is 27.7 Å². The predicted octanol–water partition coefficient (Wildman–Crippen LogP) is 1.32. The molecule has 15 heavy (non-hydrogen) atoms. The zero-order chi connectivity index (χ0) is 11.6. The summed E-state index contributed by atoms with van der Waals surface area (Å²) in [5, 5.41) is 0. The number of carbonyl (C=O) groups excluding carboxylic acids is 1. The quantitative estimate of drug-likeness (QED) is 0.706. The summed E-state index contributed by atoms with van der Waals surface area (Å²) in [5.74, 6) is -0.453. The summed E-state index contributed by atoms with van der Waals surface area (Å²) in [6, 6.07) is 0. The molecule has 0 aromatic carbocycles. The van der Waals surface area contributed by atoms with Crippen LogP contribution in [0.1, 0.15) is 37.0 Å². The van der Waals surface area contributed by atoms with E-state index in [1.54, 1.807) is 27.7 Å². The lowest BCUT2D eigenvalue weighted by Gasteiger charge is -2.19. The highest BCUT2D eigenvalue weighted by atomic mass is 16.6. The number of nitrogens with two attached hydrogens (primary N) is 1. The lowest BCUT2D eigenvalue weighted by atomic mass is 10.2. The molecular formula is C10H15N3O2. The van der Waals surface area contributed by atoms with Gasteiger partial charge in [-0.3, -0.25) is 0 Å². The molecule has 0 aliphatic rings. The summed E-state index contributed by atoms with van der Waals surface area (Å²) in [6.45, 7) is 7.08. The zero-order valence-electron chi connectivity index (χ0n) is 9.37. The maximum absolute atomic E-state index is 11.6. The summed E-state index contributed by atoms with van der Waals surface area (Å²) >= 11 is 0. The van der Waals surface area contributed by atoms with Crippen LogP contribution in [0.2, 0.25) is 0 Å². The fourth-order valence-electron chi connectivity index (χ4n) is 0.963. The van der Waals surface area contributed by atoms with Gasteiger partial charge in [0.2, 0.25) is 0 Å². The monoisotopic (exact) mass is 209 g/mol. The highest BCUT2D eigenvalue weighted by Gasteiger charge is 2.21. The summed E-state index contributed by atoms with van der Waals surface area (Å²) in [5.41, 5.74) is 5.68. The molecule has 2 N–H and O–H groups in total. The highest BCUT2D eigenvalue weighted by Crippen LogP contribution is 2.13. The van der Waals surface area contributed by atoms with Crippen LogP contribution in [-0.2, 0) is 4.74 Å². The number of carbonyl (C=O) groups is 1. The maximum Gasteiger partial charge on any atom is 0.361 e. The van der Waals surface area contributed by atoms with Crippen LogP contribution in [0.25, 0.3) is 0 Å². The second-order valence-corrected chi connectivity index (χ2v) is 4.25. The lowest BCUT2D eigenvalue weighted by Crippen LogP contribution is -2.25. The van der Waals surface area contributed by atoms with Crippen molar-refractivity contribution < 1.29 is 9.53 Å². The first-order valence-corrected chi connectivity index (χ1v) is 4.62. The van der Waals surface area contributed by atoms with E-state index >= 15 is 0 Å². The smallest absolute Gasteiger partial charge is 0.361 e. The molecule has 5 heteroatoms. The maximum atomic E-state index is 11.6. The first-order valence-electron chi connectivity index (χ1n) is 4.62. The molecule has 1 rings (SSSR count). The average molecular weight is 209 g/mol. The van der Waals surface area contributed by atoms with Gasteiger partial charge in [0.1, 0.15) is 5.60 Å². The predicted molar refractivity (Wildman–Crippen MR) is 56.3 cm³/mol. The Balaban J connectivity index is 2.96. The molecule has 1 aromatic heterocycles. The van der Waals surface area contributed by atoms with Gasteiger partial charge in [-0.25, -0.2) is 14.8 Å². The van der Waals surface area contributed by atoms with Gasteiger partial charge >= 0.3 is 5.97 Å². The summed E-state index contributed by atoms with van der Waals surface area (Å²) < 4.78 is 5.14. The number of nitrogens with zero attached hydrogens (tertiary/aromatic N) is 2. The second kappa shape index (κ2) is 3.84. The van der Waals surface area contributed by atoms with Crippen molar-refractivity contribution in [3.05, 3.63) is 17.6 Å². The number of hydrogen-bond donors (Lipinski definition) is 1. The largest absolute Gasteiger partial charge is 0.455 e. The molecule has 0 bridgehead atoms. The van der Waals surface area contributed by atoms with Gasteiger partial charge in [0, 0.05) is 0 Å². The molecule has 0 atom stereocenters. The first-order chi connectivity index (χ1) is 6.79. The third-order valence-corrected chi connectivity index (χ3v) is 1.51. The molecular weight excluding hydrogens is 194 g/mol. The van der Waals surface area contributed by atoms with Crippen LogP contribution in [0.4, 0.5) is 5.82 Å².